The van der Waals surface area contributed by atoms with E-state index in [0.29, 0.717) is 5.13 Å². The molecule has 0 fully saturated rings. The van der Waals surface area contributed by atoms with Crippen molar-refractivity contribution in [2.24, 2.45) is 0 Å². The highest BCUT2D eigenvalue weighted by molar-refractivity contribution is 7.22. The van der Waals surface area contributed by atoms with Crippen molar-refractivity contribution in [3.05, 3.63) is 59.2 Å². The highest BCUT2D eigenvalue weighted by Gasteiger charge is 2.18. The van der Waals surface area contributed by atoms with Gasteiger partial charge < -0.3 is 0 Å². The van der Waals surface area contributed by atoms with Crippen LogP contribution in [0.1, 0.15) is 15.9 Å². The number of amides is 1. The number of halogens is 2. The number of aryl methyl sites for hydroxylation is 1. The van der Waals surface area contributed by atoms with Gasteiger partial charge in [-0.15, -0.1) is 0 Å². The van der Waals surface area contributed by atoms with Gasteiger partial charge in [-0.25, -0.2) is 13.8 Å². The van der Waals surface area contributed by atoms with E-state index in [0.717, 1.165) is 27.9 Å². The number of rotatable bonds is 2. The zero-order valence-corrected chi connectivity index (χ0v) is 11.8. The van der Waals surface area contributed by atoms with E-state index in [1.165, 1.54) is 17.4 Å². The average molecular weight is 304 g/mol. The number of nitrogens with one attached hydrogen (secondary N) is 1. The van der Waals surface area contributed by atoms with Gasteiger partial charge in [0.15, 0.2) is 5.13 Å². The number of thiazole rings is 1. The summed E-state index contributed by atoms with van der Waals surface area (Å²) >= 11 is 1.26. The van der Waals surface area contributed by atoms with Crippen molar-refractivity contribution < 1.29 is 13.6 Å². The van der Waals surface area contributed by atoms with Crippen LogP contribution in [0.5, 0.6) is 0 Å². The number of fused-ring (bicyclic) bond motifs is 1. The third kappa shape index (κ3) is 2.62. The highest BCUT2D eigenvalue weighted by Crippen LogP contribution is 2.27. The van der Waals surface area contributed by atoms with E-state index in [1.807, 2.05) is 25.1 Å². The summed E-state index contributed by atoms with van der Waals surface area (Å²) < 4.78 is 28.0. The van der Waals surface area contributed by atoms with Gasteiger partial charge in [0.1, 0.15) is 17.2 Å². The average Bonchev–Trinajstić information content (AvgIpc) is 2.79. The third-order valence-corrected chi connectivity index (χ3v) is 3.89. The topological polar surface area (TPSA) is 42.0 Å². The molecule has 1 heterocycles. The van der Waals surface area contributed by atoms with Gasteiger partial charge in [0, 0.05) is 0 Å². The molecule has 0 spiro atoms. The van der Waals surface area contributed by atoms with Crippen molar-refractivity contribution in [3.8, 4) is 0 Å². The molecule has 2 aromatic carbocycles. The molecule has 0 aliphatic rings. The van der Waals surface area contributed by atoms with Gasteiger partial charge in [-0.3, -0.25) is 10.1 Å². The third-order valence-electron chi connectivity index (χ3n) is 2.95. The maximum absolute atomic E-state index is 13.5. The lowest BCUT2D eigenvalue weighted by molar-refractivity contribution is 0.101. The van der Waals surface area contributed by atoms with Gasteiger partial charge in [-0.1, -0.05) is 23.5 Å². The van der Waals surface area contributed by atoms with E-state index in [2.05, 4.69) is 10.3 Å². The largest absolute Gasteiger partial charge is 0.298 e. The van der Waals surface area contributed by atoms with Crippen LogP contribution in [0.2, 0.25) is 0 Å². The number of anilines is 1. The van der Waals surface area contributed by atoms with E-state index >= 15 is 0 Å². The lowest BCUT2D eigenvalue weighted by Gasteiger charge is -2.03. The highest BCUT2D eigenvalue weighted by atomic mass is 32.1. The van der Waals surface area contributed by atoms with Crippen molar-refractivity contribution in [2.45, 2.75) is 6.92 Å². The summed E-state index contributed by atoms with van der Waals surface area (Å²) in [4.78, 5) is 16.2. The van der Waals surface area contributed by atoms with E-state index < -0.39 is 23.1 Å². The minimum absolute atomic E-state index is 0.309. The molecule has 0 radical (unpaired) electrons. The Morgan fingerprint density at radius 1 is 1.19 bits per heavy atom. The summed E-state index contributed by atoms with van der Waals surface area (Å²) in [5.41, 5.74) is 1.20. The van der Waals surface area contributed by atoms with Crippen LogP contribution in [0, 0.1) is 18.6 Å². The minimum Gasteiger partial charge on any atom is -0.298 e. The molecule has 1 N–H and O–H groups in total. The van der Waals surface area contributed by atoms with Crippen LogP contribution in [0.15, 0.2) is 36.4 Å². The molecule has 0 atom stereocenters. The Kier molecular flexibility index (Phi) is 3.39. The summed E-state index contributed by atoms with van der Waals surface area (Å²) in [6, 6.07) is 8.97. The number of benzene rings is 2. The Labute approximate surface area is 123 Å². The molecule has 21 heavy (non-hydrogen) atoms. The first-order valence-electron chi connectivity index (χ1n) is 6.17. The van der Waals surface area contributed by atoms with E-state index in [1.54, 1.807) is 0 Å². The van der Waals surface area contributed by atoms with Gasteiger partial charge in [0.25, 0.3) is 5.91 Å². The Morgan fingerprint density at radius 3 is 2.62 bits per heavy atom. The minimum atomic E-state index is -0.899. The number of carbonyl (C=O) groups is 1. The molecule has 0 aliphatic carbocycles. The summed E-state index contributed by atoms with van der Waals surface area (Å²) in [6.07, 6.45) is 0. The second-order valence-corrected chi connectivity index (χ2v) is 5.57. The van der Waals surface area contributed by atoms with Crippen molar-refractivity contribution >= 4 is 32.6 Å². The standard InChI is InChI=1S/C15H10F2N2OS/c1-8-5-6-11-12(7-8)21-15(18-11)19-14(20)13-9(16)3-2-4-10(13)17/h2-7H,1H3,(H,18,19,20). The fourth-order valence-corrected chi connectivity index (χ4v) is 2.92. The predicted octanol–water partition coefficient (Wildman–Crippen LogP) is 4.14. The zero-order valence-electron chi connectivity index (χ0n) is 11.0. The van der Waals surface area contributed by atoms with Crippen molar-refractivity contribution in [1.29, 1.82) is 0 Å². The molecule has 0 saturated heterocycles. The predicted molar refractivity (Wildman–Crippen MR) is 78.7 cm³/mol. The Hall–Kier alpha value is -2.34. The lowest BCUT2D eigenvalue weighted by Crippen LogP contribution is -2.15. The molecule has 3 rings (SSSR count). The normalized spacial score (nSPS) is 10.8. The monoisotopic (exact) mass is 304 g/mol. The first kappa shape index (κ1) is 13.6. The van der Waals surface area contributed by atoms with Crippen LogP contribution >= 0.6 is 11.3 Å². The second kappa shape index (κ2) is 5.21. The second-order valence-electron chi connectivity index (χ2n) is 4.54. The van der Waals surface area contributed by atoms with Gasteiger partial charge in [-0.05, 0) is 36.8 Å². The molecule has 1 amide bonds. The molecule has 0 aliphatic heterocycles. The van der Waals surface area contributed by atoms with Crippen molar-refractivity contribution in [2.75, 3.05) is 5.32 Å². The fourth-order valence-electron chi connectivity index (χ4n) is 1.96. The van der Waals surface area contributed by atoms with Gasteiger partial charge in [-0.2, -0.15) is 0 Å². The maximum Gasteiger partial charge on any atom is 0.263 e. The number of nitrogens with zero attached hydrogens (tertiary/aromatic N) is 1. The molecular formula is C15H10F2N2OS. The Morgan fingerprint density at radius 2 is 1.90 bits per heavy atom. The van der Waals surface area contributed by atoms with Crippen LogP contribution in [0.3, 0.4) is 0 Å². The zero-order chi connectivity index (χ0) is 15.0. The van der Waals surface area contributed by atoms with Crippen molar-refractivity contribution in [1.82, 2.24) is 4.98 Å². The first-order valence-corrected chi connectivity index (χ1v) is 6.99. The SMILES string of the molecule is Cc1ccc2nc(NC(=O)c3c(F)cccc3F)sc2c1. The summed E-state index contributed by atoms with van der Waals surface area (Å²) in [5.74, 6) is -2.64. The summed E-state index contributed by atoms with van der Waals surface area (Å²) in [5, 5.41) is 2.75. The fraction of sp³-hybridized carbons (Fsp3) is 0.0667. The van der Waals surface area contributed by atoms with Crippen LogP contribution in [-0.2, 0) is 0 Å². The summed E-state index contributed by atoms with van der Waals surface area (Å²) in [7, 11) is 0. The van der Waals surface area contributed by atoms with Gasteiger partial charge >= 0.3 is 0 Å². The molecule has 0 bridgehead atoms. The van der Waals surface area contributed by atoms with Crippen LogP contribution in [0.25, 0.3) is 10.2 Å². The first-order chi connectivity index (χ1) is 10.0. The number of hydrogen-bond acceptors (Lipinski definition) is 3. The van der Waals surface area contributed by atoms with Crippen molar-refractivity contribution in [3.63, 3.8) is 0 Å². The number of carbonyl (C=O) groups excluding carboxylic acids is 1. The molecule has 3 nitrogen and oxygen atoms in total. The lowest BCUT2D eigenvalue weighted by atomic mass is 10.2. The molecule has 0 unspecified atom stereocenters. The number of aromatic nitrogens is 1. The molecular weight excluding hydrogens is 294 g/mol. The maximum atomic E-state index is 13.5. The van der Waals surface area contributed by atoms with Crippen LogP contribution in [-0.4, -0.2) is 10.9 Å². The van der Waals surface area contributed by atoms with Gasteiger partial charge in [0.2, 0.25) is 0 Å². The molecule has 106 valence electrons. The molecule has 0 saturated carbocycles. The molecule has 1 aromatic heterocycles. The quantitative estimate of drug-likeness (QED) is 0.773. The van der Waals surface area contributed by atoms with E-state index in [4.69, 9.17) is 0 Å². The molecule has 3 aromatic rings. The van der Waals surface area contributed by atoms with E-state index in [9.17, 15) is 13.6 Å². The smallest absolute Gasteiger partial charge is 0.263 e. The Balaban J connectivity index is 1.93. The van der Waals surface area contributed by atoms with Crippen LogP contribution < -0.4 is 5.32 Å². The molecule has 6 heteroatoms. The summed E-state index contributed by atoms with van der Waals surface area (Å²) in [6.45, 7) is 1.95. The Bertz CT molecular complexity index is 825. The van der Waals surface area contributed by atoms with Crippen LogP contribution in [0.4, 0.5) is 13.9 Å². The van der Waals surface area contributed by atoms with Gasteiger partial charge in [0.05, 0.1) is 10.2 Å². The van der Waals surface area contributed by atoms with E-state index in [-0.39, 0.29) is 0 Å². The number of hydrogen-bond donors (Lipinski definition) is 1.